The molecule has 104 valence electrons. The lowest BCUT2D eigenvalue weighted by Crippen LogP contribution is -2.34. The Morgan fingerprint density at radius 1 is 1.37 bits per heavy atom. The molecule has 0 saturated carbocycles. The van der Waals surface area contributed by atoms with Gasteiger partial charge in [0, 0.05) is 13.6 Å². The topological polar surface area (TPSA) is 75.7 Å². The maximum absolute atomic E-state index is 11.9. The summed E-state index contributed by atoms with van der Waals surface area (Å²) in [6.07, 6.45) is -0.852. The van der Waals surface area contributed by atoms with Gasteiger partial charge < -0.3 is 9.64 Å². The zero-order valence-corrected chi connectivity index (χ0v) is 11.4. The van der Waals surface area contributed by atoms with Gasteiger partial charge in [0.05, 0.1) is 12.3 Å². The molecule has 1 heterocycles. The van der Waals surface area contributed by atoms with Gasteiger partial charge >= 0.3 is 6.09 Å². The SMILES string of the molecule is CN1CC(CNS(=O)(=O)Cc2ccccc2)OC1=O. The van der Waals surface area contributed by atoms with E-state index >= 15 is 0 Å². The Morgan fingerprint density at radius 3 is 2.63 bits per heavy atom. The number of benzene rings is 1. The Labute approximate surface area is 112 Å². The summed E-state index contributed by atoms with van der Waals surface area (Å²) < 4.78 is 31.1. The maximum Gasteiger partial charge on any atom is 0.410 e. The van der Waals surface area contributed by atoms with Gasteiger partial charge in [0.25, 0.3) is 0 Å². The Kier molecular flexibility index (Phi) is 4.06. The van der Waals surface area contributed by atoms with Crippen LogP contribution in [0.5, 0.6) is 0 Å². The van der Waals surface area contributed by atoms with E-state index in [0.717, 1.165) is 5.56 Å². The smallest absolute Gasteiger partial charge is 0.410 e. The molecular weight excluding hydrogens is 268 g/mol. The Bertz CT molecular complexity index is 544. The maximum atomic E-state index is 11.9. The highest BCUT2D eigenvalue weighted by Gasteiger charge is 2.29. The van der Waals surface area contributed by atoms with E-state index in [1.807, 2.05) is 6.07 Å². The molecule has 1 saturated heterocycles. The second-order valence-corrected chi connectivity index (χ2v) is 6.29. The minimum atomic E-state index is -3.42. The molecule has 1 aromatic rings. The van der Waals surface area contributed by atoms with Crippen molar-refractivity contribution in [3.63, 3.8) is 0 Å². The Morgan fingerprint density at radius 2 is 2.05 bits per heavy atom. The quantitative estimate of drug-likeness (QED) is 0.857. The van der Waals surface area contributed by atoms with Crippen LogP contribution >= 0.6 is 0 Å². The number of hydrogen-bond acceptors (Lipinski definition) is 4. The summed E-state index contributed by atoms with van der Waals surface area (Å²) in [5.41, 5.74) is 0.718. The van der Waals surface area contributed by atoms with Gasteiger partial charge in [-0.2, -0.15) is 0 Å². The number of nitrogens with one attached hydrogen (secondary N) is 1. The van der Waals surface area contributed by atoms with Crippen molar-refractivity contribution in [1.82, 2.24) is 9.62 Å². The summed E-state index contributed by atoms with van der Waals surface area (Å²) in [6.45, 7) is 0.498. The minimum Gasteiger partial charge on any atom is -0.443 e. The van der Waals surface area contributed by atoms with Gasteiger partial charge in [-0.05, 0) is 5.56 Å². The molecule has 1 atom stereocenters. The molecule has 0 aromatic heterocycles. The number of ether oxygens (including phenoxy) is 1. The fourth-order valence-corrected chi connectivity index (χ4v) is 2.99. The van der Waals surface area contributed by atoms with Crippen molar-refractivity contribution in [2.75, 3.05) is 20.1 Å². The molecule has 0 bridgehead atoms. The first-order valence-electron chi connectivity index (χ1n) is 5.89. The van der Waals surface area contributed by atoms with Gasteiger partial charge in [0.2, 0.25) is 10.0 Å². The van der Waals surface area contributed by atoms with Crippen LogP contribution in [0.4, 0.5) is 4.79 Å². The van der Waals surface area contributed by atoms with Crippen LogP contribution in [-0.2, 0) is 20.5 Å². The van der Waals surface area contributed by atoms with E-state index in [-0.39, 0.29) is 12.3 Å². The molecule has 6 nitrogen and oxygen atoms in total. The van der Waals surface area contributed by atoms with E-state index in [1.54, 1.807) is 31.3 Å². The van der Waals surface area contributed by atoms with Crippen molar-refractivity contribution in [2.45, 2.75) is 11.9 Å². The largest absolute Gasteiger partial charge is 0.443 e. The van der Waals surface area contributed by atoms with Gasteiger partial charge in [-0.25, -0.2) is 17.9 Å². The van der Waals surface area contributed by atoms with Gasteiger partial charge in [-0.3, -0.25) is 0 Å². The number of amides is 1. The van der Waals surface area contributed by atoms with E-state index in [0.29, 0.717) is 6.54 Å². The van der Waals surface area contributed by atoms with E-state index in [1.165, 1.54) is 4.90 Å². The highest BCUT2D eigenvalue weighted by molar-refractivity contribution is 7.88. The van der Waals surface area contributed by atoms with Crippen LogP contribution in [0.25, 0.3) is 0 Å². The first-order chi connectivity index (χ1) is 8.96. The highest BCUT2D eigenvalue weighted by Crippen LogP contribution is 2.09. The van der Waals surface area contributed by atoms with Crippen LogP contribution in [0.3, 0.4) is 0 Å². The molecular formula is C12H16N2O4S. The third-order valence-corrected chi connectivity index (χ3v) is 4.11. The predicted molar refractivity (Wildman–Crippen MR) is 70.0 cm³/mol. The minimum absolute atomic E-state index is 0.0790. The molecule has 0 radical (unpaired) electrons. The lowest BCUT2D eigenvalue weighted by atomic mass is 10.2. The van der Waals surface area contributed by atoms with Crippen molar-refractivity contribution in [1.29, 1.82) is 0 Å². The van der Waals surface area contributed by atoms with Gasteiger partial charge in [0.1, 0.15) is 6.10 Å². The summed E-state index contributed by atoms with van der Waals surface area (Å²) in [7, 11) is -1.80. The number of carbonyl (C=O) groups excluding carboxylic acids is 1. The molecule has 0 spiro atoms. The van der Waals surface area contributed by atoms with Crippen molar-refractivity contribution in [3.8, 4) is 0 Å². The molecule has 1 N–H and O–H groups in total. The number of hydrogen-bond donors (Lipinski definition) is 1. The number of likely N-dealkylation sites (N-methyl/N-ethyl adjacent to an activating group) is 1. The van der Waals surface area contributed by atoms with Crippen LogP contribution in [0.15, 0.2) is 30.3 Å². The van der Waals surface area contributed by atoms with Crippen molar-refractivity contribution >= 4 is 16.1 Å². The lowest BCUT2D eigenvalue weighted by molar-refractivity contribution is 0.135. The molecule has 7 heteroatoms. The fraction of sp³-hybridized carbons (Fsp3) is 0.417. The van der Waals surface area contributed by atoms with Crippen LogP contribution in [0.1, 0.15) is 5.56 Å². The summed E-state index contributed by atoms with van der Waals surface area (Å²) in [6, 6.07) is 8.92. The van der Waals surface area contributed by atoms with E-state index in [4.69, 9.17) is 4.74 Å². The van der Waals surface area contributed by atoms with Crippen LogP contribution < -0.4 is 4.72 Å². The average Bonchev–Trinajstić information content (AvgIpc) is 2.67. The van der Waals surface area contributed by atoms with Crippen molar-refractivity contribution < 1.29 is 17.9 Å². The summed E-state index contributed by atoms with van der Waals surface area (Å²) in [5, 5.41) is 0. The van der Waals surface area contributed by atoms with Gasteiger partial charge in [-0.15, -0.1) is 0 Å². The monoisotopic (exact) mass is 284 g/mol. The molecule has 2 rings (SSSR count). The van der Waals surface area contributed by atoms with Crippen molar-refractivity contribution in [3.05, 3.63) is 35.9 Å². The molecule has 1 amide bonds. The van der Waals surface area contributed by atoms with E-state index < -0.39 is 22.2 Å². The summed E-state index contributed by atoms with van der Waals surface area (Å²) >= 11 is 0. The Hall–Kier alpha value is -1.60. The van der Waals surface area contributed by atoms with Crippen LogP contribution in [0.2, 0.25) is 0 Å². The fourth-order valence-electron chi connectivity index (χ4n) is 1.82. The number of carbonyl (C=O) groups is 1. The first-order valence-corrected chi connectivity index (χ1v) is 7.54. The first kappa shape index (κ1) is 13.8. The highest BCUT2D eigenvalue weighted by atomic mass is 32.2. The molecule has 1 fully saturated rings. The summed E-state index contributed by atoms with van der Waals surface area (Å²) in [5.74, 6) is -0.0790. The van der Waals surface area contributed by atoms with E-state index in [2.05, 4.69) is 4.72 Å². The van der Waals surface area contributed by atoms with Gasteiger partial charge in [-0.1, -0.05) is 30.3 Å². The number of rotatable bonds is 5. The zero-order valence-electron chi connectivity index (χ0n) is 10.6. The number of cyclic esters (lactones) is 1. The second kappa shape index (κ2) is 5.58. The standard InChI is InChI=1S/C12H16N2O4S/c1-14-8-11(18-12(14)15)7-13-19(16,17)9-10-5-3-2-4-6-10/h2-6,11,13H,7-9H2,1H3. The Balaban J connectivity index is 1.87. The van der Waals surface area contributed by atoms with Crippen LogP contribution in [0, 0.1) is 0 Å². The third-order valence-electron chi connectivity index (χ3n) is 2.79. The average molecular weight is 284 g/mol. The van der Waals surface area contributed by atoms with Crippen molar-refractivity contribution in [2.24, 2.45) is 0 Å². The molecule has 1 unspecified atom stereocenters. The third kappa shape index (κ3) is 3.93. The lowest BCUT2D eigenvalue weighted by Gasteiger charge is -2.10. The molecule has 1 aliphatic heterocycles. The van der Waals surface area contributed by atoms with Gasteiger partial charge in [0.15, 0.2) is 0 Å². The molecule has 1 aromatic carbocycles. The summed E-state index contributed by atoms with van der Waals surface area (Å²) in [4.78, 5) is 12.5. The van der Waals surface area contributed by atoms with E-state index in [9.17, 15) is 13.2 Å². The molecule has 19 heavy (non-hydrogen) atoms. The molecule has 0 aliphatic carbocycles. The zero-order chi connectivity index (χ0) is 13.9. The normalized spacial score (nSPS) is 19.5. The molecule has 1 aliphatic rings. The number of sulfonamides is 1. The predicted octanol–water partition coefficient (Wildman–Crippen LogP) is 0.557. The number of nitrogens with zero attached hydrogens (tertiary/aromatic N) is 1. The van der Waals surface area contributed by atoms with Crippen LogP contribution in [-0.4, -0.2) is 45.7 Å². The second-order valence-electron chi connectivity index (χ2n) is 4.48.